The van der Waals surface area contributed by atoms with Crippen molar-refractivity contribution in [2.75, 3.05) is 40.3 Å². The van der Waals surface area contributed by atoms with Crippen LogP contribution in [0.2, 0.25) is 0 Å². The normalized spacial score (nSPS) is 25.0. The highest BCUT2D eigenvalue weighted by atomic mass is 16.6. The Bertz CT molecular complexity index is 2420. The van der Waals surface area contributed by atoms with E-state index in [1.54, 1.807) is 64.1 Å². The zero-order chi connectivity index (χ0) is 59.8. The first kappa shape index (κ1) is 66.9. The van der Waals surface area contributed by atoms with Crippen molar-refractivity contribution in [1.82, 2.24) is 41.3 Å². The van der Waals surface area contributed by atoms with Crippen LogP contribution in [0.1, 0.15) is 126 Å². The highest BCUT2D eigenvalue weighted by Gasteiger charge is 2.38. The number of imide groups is 1. The van der Waals surface area contributed by atoms with Crippen LogP contribution in [0, 0.1) is 17.8 Å². The van der Waals surface area contributed by atoms with Gasteiger partial charge < -0.3 is 50.6 Å². The van der Waals surface area contributed by atoms with Crippen molar-refractivity contribution < 1.29 is 67.0 Å². The third kappa shape index (κ3) is 21.3. The SMILES string of the molecule is C/C=C(\C)[C@H]1OC(=O)[C@@H](C)NC(=O)C(C(C)CC)NC(=O)CN(C)C(=O)[C@@H](Cc2ccccc2)N(C)C(=O)[C@H](C)NC(=O)[C@@H](CC(C)C)OC(=O)/C(C)=C/C[C@H](OC(=O)NCCCNC(=O)CCCCCN2C(=O)C=CC2=O)[C@@H]1C. The summed E-state index contributed by atoms with van der Waals surface area (Å²) in [6, 6.07) is 4.15. The van der Waals surface area contributed by atoms with E-state index < -0.39 is 108 Å². The molecule has 9 atom stereocenters. The lowest BCUT2D eigenvalue weighted by Gasteiger charge is -2.33. The number of cyclic esters (lactones) is 2. The van der Waals surface area contributed by atoms with Gasteiger partial charge in [-0.15, -0.1) is 0 Å². The van der Waals surface area contributed by atoms with E-state index in [1.165, 1.54) is 58.0 Å². The number of likely N-dealkylation sites (N-methyl/N-ethyl adjacent to an activating group) is 2. The largest absolute Gasteiger partial charge is 0.456 e. The van der Waals surface area contributed by atoms with E-state index in [0.717, 1.165) is 9.80 Å². The number of carbonyl (C=O) groups is 11. The molecule has 0 spiro atoms. The van der Waals surface area contributed by atoms with Gasteiger partial charge in [-0.3, -0.25) is 43.3 Å². The van der Waals surface area contributed by atoms with Crippen LogP contribution in [0.4, 0.5) is 4.79 Å². The molecule has 2 aliphatic rings. The molecule has 2 aliphatic heterocycles. The maximum absolute atomic E-state index is 14.3. The van der Waals surface area contributed by atoms with Gasteiger partial charge in [0.25, 0.3) is 17.7 Å². The minimum Gasteiger partial charge on any atom is -0.456 e. The predicted molar refractivity (Wildman–Crippen MR) is 297 cm³/mol. The van der Waals surface area contributed by atoms with Crippen LogP contribution in [0.15, 0.2) is 65.8 Å². The monoisotopic (exact) mass is 1120 g/mol. The molecule has 0 saturated heterocycles. The van der Waals surface area contributed by atoms with E-state index in [9.17, 15) is 52.7 Å². The summed E-state index contributed by atoms with van der Waals surface area (Å²) in [6.45, 7) is 16.8. The highest BCUT2D eigenvalue weighted by molar-refractivity contribution is 6.12. The van der Waals surface area contributed by atoms with Crippen LogP contribution < -0.4 is 26.6 Å². The van der Waals surface area contributed by atoms with E-state index in [1.807, 2.05) is 20.8 Å². The standard InChI is InChI=1S/C58H86N8O14/c1-13-36(5)50-53(72)62-41(10)57(76)80-51(37(6)14-2)39(8)44(79-58(77)60-30-21-29-59-46(67)24-19-16-20-31-66-48(69)27-28-49(66)70)26-25-38(7)56(75)78-45(32-35(3)4)52(71)61-40(9)54(73)65(12)43(33-42-22-17-15-18-23-42)55(74)64(11)34-47(68)63-50/h14-15,17-18,22-23,25,27-28,35-36,39-41,43-45,50-51H,13,16,19-21,24,26,29-34H2,1-12H3,(H,59,67)(H,60,77)(H,61,71)(H,62,72)(H,63,68)/b37-14+,38-25+/t36?,39-,40-,41+,43+,44-,45+,50?,51+/m0/s1. The van der Waals surface area contributed by atoms with Gasteiger partial charge in [-0.2, -0.15) is 0 Å². The molecule has 0 saturated carbocycles. The second kappa shape index (κ2) is 33.3. The van der Waals surface area contributed by atoms with Gasteiger partial charge in [0.2, 0.25) is 29.5 Å². The number of nitrogens with zero attached hydrogens (tertiary/aromatic N) is 3. The average molecular weight is 1120 g/mol. The van der Waals surface area contributed by atoms with Crippen molar-refractivity contribution in [2.24, 2.45) is 17.8 Å². The van der Waals surface area contributed by atoms with Crippen molar-refractivity contribution in [2.45, 2.75) is 170 Å². The Labute approximate surface area is 470 Å². The number of rotatable bonds is 18. The van der Waals surface area contributed by atoms with Crippen LogP contribution >= 0.6 is 0 Å². The summed E-state index contributed by atoms with van der Waals surface area (Å²) in [7, 11) is 2.81. The number of hydrogen-bond acceptors (Lipinski definition) is 14. The summed E-state index contributed by atoms with van der Waals surface area (Å²) in [5.74, 6) is -7.40. The number of esters is 2. The quantitative estimate of drug-likeness (QED) is 0.0458. The van der Waals surface area contributed by atoms with Gasteiger partial charge in [0.05, 0.1) is 6.54 Å². The molecule has 22 heteroatoms. The molecule has 0 fully saturated rings. The molecule has 3 rings (SSSR count). The van der Waals surface area contributed by atoms with Crippen LogP contribution in [-0.2, 0) is 68.6 Å². The predicted octanol–water partition coefficient (Wildman–Crippen LogP) is 3.96. The lowest BCUT2D eigenvalue weighted by atomic mass is 9.90. The summed E-state index contributed by atoms with van der Waals surface area (Å²) in [5.41, 5.74) is 1.32. The Morgan fingerprint density at radius 3 is 2.08 bits per heavy atom. The van der Waals surface area contributed by atoms with Gasteiger partial charge in [0.1, 0.15) is 36.4 Å². The fraction of sp³-hybridized carbons (Fsp3) is 0.603. The molecule has 2 heterocycles. The molecule has 0 aromatic heterocycles. The smallest absolute Gasteiger partial charge is 0.407 e. The molecule has 0 radical (unpaired) electrons. The molecule has 5 N–H and O–H groups in total. The number of hydrogen-bond donors (Lipinski definition) is 5. The lowest BCUT2D eigenvalue weighted by Crippen LogP contribution is -2.57. The Balaban J connectivity index is 1.93. The Morgan fingerprint density at radius 2 is 1.45 bits per heavy atom. The number of nitrogens with one attached hydrogen (secondary N) is 5. The number of benzene rings is 1. The minimum absolute atomic E-state index is 0.0454. The maximum Gasteiger partial charge on any atom is 0.407 e. The van der Waals surface area contributed by atoms with Gasteiger partial charge in [-0.1, -0.05) is 89.9 Å². The summed E-state index contributed by atoms with van der Waals surface area (Å²) < 4.78 is 17.9. The summed E-state index contributed by atoms with van der Waals surface area (Å²) in [4.78, 5) is 151. The number of carbonyl (C=O) groups excluding carboxylic acids is 11. The summed E-state index contributed by atoms with van der Waals surface area (Å²) in [5, 5.41) is 13.6. The fourth-order valence-corrected chi connectivity index (χ4v) is 8.85. The van der Waals surface area contributed by atoms with E-state index in [4.69, 9.17) is 14.2 Å². The topological polar surface area (TPSA) is 285 Å². The minimum atomic E-state index is -1.36. The first-order valence-electron chi connectivity index (χ1n) is 27.7. The first-order chi connectivity index (χ1) is 37.8. The zero-order valence-corrected chi connectivity index (χ0v) is 48.7. The zero-order valence-electron chi connectivity index (χ0n) is 48.7. The Kier molecular flexibility index (Phi) is 27.8. The summed E-state index contributed by atoms with van der Waals surface area (Å²) in [6.07, 6.45) is 4.08. The molecule has 80 heavy (non-hydrogen) atoms. The van der Waals surface area contributed by atoms with Crippen molar-refractivity contribution >= 4 is 65.3 Å². The second-order valence-corrected chi connectivity index (χ2v) is 21.2. The van der Waals surface area contributed by atoms with Crippen LogP contribution in [0.5, 0.6) is 0 Å². The van der Waals surface area contributed by atoms with Gasteiger partial charge in [-0.05, 0) is 83.3 Å². The molecule has 2 unspecified atom stereocenters. The number of unbranched alkanes of at least 4 members (excludes halogenated alkanes) is 2. The van der Waals surface area contributed by atoms with Gasteiger partial charge >= 0.3 is 18.0 Å². The van der Waals surface area contributed by atoms with Crippen molar-refractivity contribution in [1.29, 1.82) is 0 Å². The third-order valence-corrected chi connectivity index (χ3v) is 14.2. The Hall–Kier alpha value is -7.39. The third-order valence-electron chi connectivity index (χ3n) is 14.2. The molecular weight excluding hydrogens is 1030 g/mol. The van der Waals surface area contributed by atoms with E-state index in [0.29, 0.717) is 43.2 Å². The number of alkyl carbamates (subject to hydrolysis) is 1. The molecular formula is C58H86N8O14. The number of allylic oxidation sites excluding steroid dienone is 1. The van der Waals surface area contributed by atoms with Crippen LogP contribution in [0.3, 0.4) is 0 Å². The van der Waals surface area contributed by atoms with Gasteiger partial charge in [-0.25, -0.2) is 14.4 Å². The molecule has 9 amide bonds. The molecule has 22 nitrogen and oxygen atoms in total. The molecule has 442 valence electrons. The maximum atomic E-state index is 14.3. The molecule has 0 aliphatic carbocycles. The number of ether oxygens (including phenoxy) is 3. The van der Waals surface area contributed by atoms with E-state index >= 15 is 0 Å². The van der Waals surface area contributed by atoms with E-state index in [2.05, 4.69) is 26.6 Å². The average Bonchev–Trinajstić information content (AvgIpc) is 3.74. The molecule has 1 aromatic carbocycles. The van der Waals surface area contributed by atoms with Crippen molar-refractivity contribution in [3.05, 3.63) is 71.3 Å². The van der Waals surface area contributed by atoms with E-state index in [-0.39, 0.29) is 74.5 Å². The lowest BCUT2D eigenvalue weighted by molar-refractivity contribution is -0.155. The van der Waals surface area contributed by atoms with Gasteiger partial charge in [0, 0.05) is 76.6 Å². The van der Waals surface area contributed by atoms with Crippen LogP contribution in [-0.4, -0.2) is 163 Å². The second-order valence-electron chi connectivity index (χ2n) is 21.2. The molecule has 0 bridgehead atoms. The van der Waals surface area contributed by atoms with Crippen molar-refractivity contribution in [3.8, 4) is 0 Å². The van der Waals surface area contributed by atoms with Gasteiger partial charge in [0.15, 0.2) is 6.10 Å². The highest BCUT2D eigenvalue weighted by Crippen LogP contribution is 2.26. The first-order valence-corrected chi connectivity index (χ1v) is 27.7. The van der Waals surface area contributed by atoms with Crippen LogP contribution in [0.25, 0.3) is 0 Å². The Morgan fingerprint density at radius 1 is 0.812 bits per heavy atom. The van der Waals surface area contributed by atoms with Crippen molar-refractivity contribution in [3.63, 3.8) is 0 Å². The fourth-order valence-electron chi connectivity index (χ4n) is 8.85. The molecule has 1 aromatic rings. The number of amides is 9. The summed E-state index contributed by atoms with van der Waals surface area (Å²) >= 11 is 0.